The van der Waals surface area contributed by atoms with Crippen molar-refractivity contribution in [2.24, 2.45) is 0 Å². The van der Waals surface area contributed by atoms with E-state index in [1.165, 1.54) is 32.1 Å². The predicted molar refractivity (Wildman–Crippen MR) is 66.8 cm³/mol. The first-order valence-electron chi connectivity index (χ1n) is 5.93. The Morgan fingerprint density at radius 1 is 1.20 bits per heavy atom. The molecular weight excluding hydrogens is 182 g/mol. The highest BCUT2D eigenvalue weighted by Crippen LogP contribution is 2.05. The SMILES string of the molecule is CCCCCC/C=C/c1cccc(C)n1. The second-order valence-electron chi connectivity index (χ2n) is 3.96. The van der Waals surface area contributed by atoms with Crippen molar-refractivity contribution in [3.8, 4) is 0 Å². The van der Waals surface area contributed by atoms with E-state index in [1.54, 1.807) is 0 Å². The Kier molecular flexibility index (Phi) is 5.76. The first kappa shape index (κ1) is 12.0. The van der Waals surface area contributed by atoms with E-state index in [0.717, 1.165) is 11.4 Å². The second kappa shape index (κ2) is 7.22. The van der Waals surface area contributed by atoms with Crippen LogP contribution in [0.5, 0.6) is 0 Å². The van der Waals surface area contributed by atoms with Crippen LogP contribution in [0.1, 0.15) is 50.4 Å². The van der Waals surface area contributed by atoms with E-state index in [9.17, 15) is 0 Å². The maximum atomic E-state index is 4.42. The first-order valence-corrected chi connectivity index (χ1v) is 5.93. The lowest BCUT2D eigenvalue weighted by Crippen LogP contribution is -1.83. The Bertz CT molecular complexity index is 302. The lowest BCUT2D eigenvalue weighted by molar-refractivity contribution is 0.675. The largest absolute Gasteiger partial charge is 0.254 e. The number of nitrogens with zero attached hydrogens (tertiary/aromatic N) is 1. The highest BCUT2D eigenvalue weighted by atomic mass is 14.7. The van der Waals surface area contributed by atoms with Gasteiger partial charge in [0.1, 0.15) is 0 Å². The van der Waals surface area contributed by atoms with Gasteiger partial charge in [0.2, 0.25) is 0 Å². The van der Waals surface area contributed by atoms with E-state index in [4.69, 9.17) is 0 Å². The number of hydrogen-bond acceptors (Lipinski definition) is 1. The minimum Gasteiger partial charge on any atom is -0.254 e. The molecule has 0 aliphatic carbocycles. The van der Waals surface area contributed by atoms with E-state index in [0.29, 0.717) is 0 Å². The fourth-order valence-electron chi connectivity index (χ4n) is 1.55. The molecule has 82 valence electrons. The van der Waals surface area contributed by atoms with Crippen LogP contribution in [0, 0.1) is 6.92 Å². The third-order valence-electron chi connectivity index (χ3n) is 2.42. The number of rotatable bonds is 6. The summed E-state index contributed by atoms with van der Waals surface area (Å²) in [6, 6.07) is 6.13. The topological polar surface area (TPSA) is 12.9 Å². The summed E-state index contributed by atoms with van der Waals surface area (Å²) in [4.78, 5) is 4.42. The molecule has 0 amide bonds. The van der Waals surface area contributed by atoms with Crippen molar-refractivity contribution in [2.45, 2.75) is 46.0 Å². The highest BCUT2D eigenvalue weighted by molar-refractivity contribution is 5.44. The molecule has 0 aromatic carbocycles. The number of aromatic nitrogens is 1. The number of allylic oxidation sites excluding steroid dienone is 1. The van der Waals surface area contributed by atoms with E-state index < -0.39 is 0 Å². The van der Waals surface area contributed by atoms with Gasteiger partial charge in [-0.2, -0.15) is 0 Å². The van der Waals surface area contributed by atoms with Crippen LogP contribution in [0.4, 0.5) is 0 Å². The number of hydrogen-bond donors (Lipinski definition) is 0. The standard InChI is InChI=1S/C14H21N/c1-3-4-5-6-7-8-11-14-12-9-10-13(2)15-14/h8-12H,3-7H2,1-2H3/b11-8+. The summed E-state index contributed by atoms with van der Waals surface area (Å²) in [6.45, 7) is 4.27. The Morgan fingerprint density at radius 3 is 2.80 bits per heavy atom. The van der Waals surface area contributed by atoms with Gasteiger partial charge in [-0.05, 0) is 38.0 Å². The van der Waals surface area contributed by atoms with E-state index >= 15 is 0 Å². The molecule has 0 spiro atoms. The average molecular weight is 203 g/mol. The monoisotopic (exact) mass is 203 g/mol. The Balaban J connectivity index is 2.26. The first-order chi connectivity index (χ1) is 7.33. The fourth-order valence-corrected chi connectivity index (χ4v) is 1.55. The molecule has 0 bridgehead atoms. The predicted octanol–water partition coefficient (Wildman–Crippen LogP) is 4.37. The molecule has 1 aromatic heterocycles. The number of unbranched alkanes of at least 4 members (excludes halogenated alkanes) is 4. The Labute approximate surface area is 93.2 Å². The maximum absolute atomic E-state index is 4.42. The molecule has 0 aliphatic rings. The molecule has 0 aliphatic heterocycles. The Morgan fingerprint density at radius 2 is 2.07 bits per heavy atom. The number of pyridine rings is 1. The maximum Gasteiger partial charge on any atom is 0.0629 e. The van der Waals surface area contributed by atoms with Gasteiger partial charge in [-0.1, -0.05) is 38.3 Å². The van der Waals surface area contributed by atoms with E-state index in [-0.39, 0.29) is 0 Å². The third-order valence-corrected chi connectivity index (χ3v) is 2.42. The van der Waals surface area contributed by atoms with Gasteiger partial charge in [0.05, 0.1) is 5.69 Å². The molecule has 1 heterocycles. The highest BCUT2D eigenvalue weighted by Gasteiger charge is 1.88. The summed E-state index contributed by atoms with van der Waals surface area (Å²) >= 11 is 0. The lowest BCUT2D eigenvalue weighted by atomic mass is 10.1. The van der Waals surface area contributed by atoms with Gasteiger partial charge < -0.3 is 0 Å². The van der Waals surface area contributed by atoms with Crippen LogP contribution in [0.15, 0.2) is 24.3 Å². The van der Waals surface area contributed by atoms with Crippen molar-refractivity contribution in [1.29, 1.82) is 0 Å². The zero-order chi connectivity index (χ0) is 10.9. The van der Waals surface area contributed by atoms with Crippen molar-refractivity contribution in [2.75, 3.05) is 0 Å². The third kappa shape index (κ3) is 5.36. The second-order valence-corrected chi connectivity index (χ2v) is 3.96. The number of aryl methyl sites for hydroxylation is 1. The van der Waals surface area contributed by atoms with Gasteiger partial charge in [-0.25, -0.2) is 0 Å². The summed E-state index contributed by atoms with van der Waals surface area (Å²) < 4.78 is 0. The molecule has 0 unspecified atom stereocenters. The molecule has 1 heteroatoms. The average Bonchev–Trinajstić information content (AvgIpc) is 2.23. The smallest absolute Gasteiger partial charge is 0.0629 e. The zero-order valence-corrected chi connectivity index (χ0v) is 9.87. The van der Waals surface area contributed by atoms with Crippen molar-refractivity contribution >= 4 is 6.08 Å². The van der Waals surface area contributed by atoms with Crippen LogP contribution in [0.25, 0.3) is 6.08 Å². The van der Waals surface area contributed by atoms with Crippen molar-refractivity contribution in [3.63, 3.8) is 0 Å². The summed E-state index contributed by atoms with van der Waals surface area (Å²) in [7, 11) is 0. The lowest BCUT2D eigenvalue weighted by Gasteiger charge is -1.96. The van der Waals surface area contributed by atoms with Gasteiger partial charge in [0.25, 0.3) is 0 Å². The van der Waals surface area contributed by atoms with Crippen LogP contribution in [-0.4, -0.2) is 4.98 Å². The van der Waals surface area contributed by atoms with Crippen LogP contribution in [-0.2, 0) is 0 Å². The molecule has 0 saturated heterocycles. The zero-order valence-electron chi connectivity index (χ0n) is 9.87. The molecule has 1 aromatic rings. The molecule has 0 saturated carbocycles. The molecule has 0 radical (unpaired) electrons. The molecule has 15 heavy (non-hydrogen) atoms. The van der Waals surface area contributed by atoms with E-state index in [2.05, 4.69) is 36.2 Å². The molecule has 0 fully saturated rings. The summed E-state index contributed by atoms with van der Waals surface area (Å²) in [5.74, 6) is 0. The molecule has 1 rings (SSSR count). The minimum atomic E-state index is 1.07. The van der Waals surface area contributed by atoms with Crippen LogP contribution < -0.4 is 0 Å². The van der Waals surface area contributed by atoms with Gasteiger partial charge in [0.15, 0.2) is 0 Å². The Hall–Kier alpha value is -1.11. The normalized spacial score (nSPS) is 11.1. The van der Waals surface area contributed by atoms with Crippen molar-refractivity contribution in [3.05, 3.63) is 35.7 Å². The van der Waals surface area contributed by atoms with Gasteiger partial charge in [-0.3, -0.25) is 4.98 Å². The molecule has 0 N–H and O–H groups in total. The van der Waals surface area contributed by atoms with Gasteiger partial charge >= 0.3 is 0 Å². The molecule has 0 atom stereocenters. The quantitative estimate of drug-likeness (QED) is 0.625. The fraction of sp³-hybridized carbons (Fsp3) is 0.500. The minimum absolute atomic E-state index is 1.07. The van der Waals surface area contributed by atoms with Crippen LogP contribution in [0.3, 0.4) is 0 Å². The van der Waals surface area contributed by atoms with Gasteiger partial charge in [-0.15, -0.1) is 0 Å². The van der Waals surface area contributed by atoms with E-state index in [1.807, 2.05) is 13.0 Å². The summed E-state index contributed by atoms with van der Waals surface area (Å²) in [5, 5.41) is 0. The molecule has 1 nitrogen and oxygen atoms in total. The summed E-state index contributed by atoms with van der Waals surface area (Å²) in [5.41, 5.74) is 2.16. The van der Waals surface area contributed by atoms with Crippen molar-refractivity contribution in [1.82, 2.24) is 4.98 Å². The van der Waals surface area contributed by atoms with Gasteiger partial charge in [0, 0.05) is 5.69 Å². The van der Waals surface area contributed by atoms with Crippen LogP contribution >= 0.6 is 0 Å². The van der Waals surface area contributed by atoms with Crippen LogP contribution in [0.2, 0.25) is 0 Å². The summed E-state index contributed by atoms with van der Waals surface area (Å²) in [6.07, 6.45) is 10.9. The van der Waals surface area contributed by atoms with Crippen molar-refractivity contribution < 1.29 is 0 Å². The molecular formula is C14H21N.